The summed E-state index contributed by atoms with van der Waals surface area (Å²) in [6.07, 6.45) is 2.31. The average Bonchev–Trinajstić information content (AvgIpc) is 3.17. The summed E-state index contributed by atoms with van der Waals surface area (Å²) in [6, 6.07) is 9.43. The first-order valence-corrected chi connectivity index (χ1v) is 9.37. The number of sulfone groups is 1. The molecule has 0 saturated carbocycles. The quantitative estimate of drug-likeness (QED) is 0.740. The predicted octanol–water partition coefficient (Wildman–Crippen LogP) is 2.36. The molecule has 0 radical (unpaired) electrons. The maximum absolute atomic E-state index is 12.7. The molecule has 0 aliphatic rings. The van der Waals surface area contributed by atoms with Crippen LogP contribution in [-0.2, 0) is 22.1 Å². The van der Waals surface area contributed by atoms with Gasteiger partial charge in [-0.2, -0.15) is 5.10 Å². The van der Waals surface area contributed by atoms with Gasteiger partial charge in [-0.25, -0.2) is 8.42 Å². The van der Waals surface area contributed by atoms with E-state index in [1.165, 1.54) is 6.20 Å². The molecular formula is C16H19N5O2S. The third kappa shape index (κ3) is 3.23. The van der Waals surface area contributed by atoms with E-state index in [4.69, 9.17) is 0 Å². The highest BCUT2D eigenvalue weighted by Crippen LogP contribution is 2.23. The molecule has 0 bridgehead atoms. The molecule has 0 spiro atoms. The maximum Gasteiger partial charge on any atom is 0.250 e. The first kappa shape index (κ1) is 16.4. The van der Waals surface area contributed by atoms with Crippen LogP contribution < -0.4 is 0 Å². The van der Waals surface area contributed by atoms with Crippen molar-refractivity contribution in [2.24, 2.45) is 0 Å². The number of nitrogens with one attached hydrogen (secondary N) is 1. The number of hydrogen-bond donors (Lipinski definition) is 1. The van der Waals surface area contributed by atoms with Gasteiger partial charge in [-0.15, -0.1) is 10.2 Å². The van der Waals surface area contributed by atoms with E-state index in [-0.39, 0.29) is 10.9 Å². The molecule has 0 aliphatic heterocycles. The molecule has 0 fully saturated rings. The van der Waals surface area contributed by atoms with E-state index in [1.807, 2.05) is 38.1 Å². The number of aryl methyl sites for hydroxylation is 1. The van der Waals surface area contributed by atoms with Crippen molar-refractivity contribution in [3.63, 3.8) is 0 Å². The first-order chi connectivity index (χ1) is 11.5. The molecule has 24 heavy (non-hydrogen) atoms. The van der Waals surface area contributed by atoms with Crippen LogP contribution in [0.25, 0.3) is 11.4 Å². The Balaban J connectivity index is 2.06. The summed E-state index contributed by atoms with van der Waals surface area (Å²) >= 11 is 0. The van der Waals surface area contributed by atoms with Gasteiger partial charge in [0.05, 0.1) is 11.4 Å². The minimum absolute atomic E-state index is 0.00421. The second kappa shape index (κ2) is 6.56. The summed E-state index contributed by atoms with van der Waals surface area (Å²) in [4.78, 5) is 0. The van der Waals surface area contributed by atoms with Gasteiger partial charge in [-0.3, -0.25) is 9.67 Å². The summed E-state index contributed by atoms with van der Waals surface area (Å²) in [6.45, 7) is 4.51. The SMILES string of the molecule is CCCn1c(-c2cccc(C)c2)nnc1S(=O)(=O)Cc1ccn[nH]1. The molecule has 2 aromatic heterocycles. The fourth-order valence-electron chi connectivity index (χ4n) is 2.58. The zero-order valence-corrected chi connectivity index (χ0v) is 14.4. The zero-order valence-electron chi connectivity index (χ0n) is 13.6. The molecule has 3 rings (SSSR count). The van der Waals surface area contributed by atoms with Gasteiger partial charge in [0.1, 0.15) is 0 Å². The lowest BCUT2D eigenvalue weighted by molar-refractivity contribution is 0.557. The van der Waals surface area contributed by atoms with E-state index >= 15 is 0 Å². The number of rotatable bonds is 6. The van der Waals surface area contributed by atoms with Gasteiger partial charge >= 0.3 is 0 Å². The maximum atomic E-state index is 12.7. The molecule has 8 heteroatoms. The van der Waals surface area contributed by atoms with Gasteiger partial charge in [0.15, 0.2) is 5.82 Å². The number of hydrogen-bond acceptors (Lipinski definition) is 5. The molecule has 0 aliphatic carbocycles. The molecule has 7 nitrogen and oxygen atoms in total. The van der Waals surface area contributed by atoms with Crippen LogP contribution in [0, 0.1) is 6.92 Å². The Kier molecular flexibility index (Phi) is 4.48. The molecule has 3 aromatic rings. The van der Waals surface area contributed by atoms with Gasteiger partial charge in [0.2, 0.25) is 15.0 Å². The van der Waals surface area contributed by atoms with Crippen LogP contribution in [0.5, 0.6) is 0 Å². The Morgan fingerprint density at radius 1 is 1.21 bits per heavy atom. The summed E-state index contributed by atoms with van der Waals surface area (Å²) in [7, 11) is -3.62. The predicted molar refractivity (Wildman–Crippen MR) is 90.0 cm³/mol. The van der Waals surface area contributed by atoms with Crippen LogP contribution in [0.1, 0.15) is 24.6 Å². The van der Waals surface area contributed by atoms with Gasteiger partial charge in [-0.05, 0) is 25.5 Å². The van der Waals surface area contributed by atoms with Crippen LogP contribution in [0.3, 0.4) is 0 Å². The topological polar surface area (TPSA) is 93.5 Å². The van der Waals surface area contributed by atoms with Crippen molar-refractivity contribution in [1.29, 1.82) is 0 Å². The first-order valence-electron chi connectivity index (χ1n) is 7.72. The summed E-state index contributed by atoms with van der Waals surface area (Å²) in [5.74, 6) is 0.395. The molecule has 1 N–H and O–H groups in total. The fourth-order valence-corrected chi connectivity index (χ4v) is 3.95. The van der Waals surface area contributed by atoms with E-state index in [0.717, 1.165) is 17.5 Å². The highest BCUT2D eigenvalue weighted by Gasteiger charge is 2.26. The van der Waals surface area contributed by atoms with Gasteiger partial charge in [-0.1, -0.05) is 30.7 Å². The number of benzene rings is 1. The zero-order chi connectivity index (χ0) is 17.2. The molecule has 0 unspecified atom stereocenters. The van der Waals surface area contributed by atoms with Crippen molar-refractivity contribution in [1.82, 2.24) is 25.0 Å². The van der Waals surface area contributed by atoms with Gasteiger partial charge < -0.3 is 0 Å². The van der Waals surface area contributed by atoms with Crippen molar-refractivity contribution >= 4 is 9.84 Å². The summed E-state index contributed by atoms with van der Waals surface area (Å²) in [5, 5.41) is 14.6. The number of H-pyrrole nitrogens is 1. The van der Waals surface area contributed by atoms with Gasteiger partial charge in [0.25, 0.3) is 0 Å². The van der Waals surface area contributed by atoms with Crippen LogP contribution in [-0.4, -0.2) is 33.4 Å². The monoisotopic (exact) mass is 345 g/mol. The Bertz CT molecular complexity index is 929. The van der Waals surface area contributed by atoms with Crippen LogP contribution >= 0.6 is 0 Å². The van der Waals surface area contributed by atoms with Crippen LogP contribution in [0.2, 0.25) is 0 Å². The molecule has 126 valence electrons. The Labute approximate surface area is 140 Å². The molecule has 1 aromatic carbocycles. The lowest BCUT2D eigenvalue weighted by atomic mass is 10.1. The lowest BCUT2D eigenvalue weighted by Gasteiger charge is -2.09. The van der Waals surface area contributed by atoms with E-state index < -0.39 is 9.84 Å². The van der Waals surface area contributed by atoms with Crippen molar-refractivity contribution in [2.45, 2.75) is 37.7 Å². The van der Waals surface area contributed by atoms with E-state index in [1.54, 1.807) is 10.6 Å². The number of aromatic nitrogens is 5. The fraction of sp³-hybridized carbons (Fsp3) is 0.312. The van der Waals surface area contributed by atoms with Crippen LogP contribution in [0.4, 0.5) is 0 Å². The standard InChI is InChI=1S/C16H19N5O2S/c1-3-9-21-15(13-6-4-5-12(2)10-13)19-20-16(21)24(22,23)11-14-7-8-17-18-14/h4-8,10H,3,9,11H2,1-2H3,(H,17,18). The van der Waals surface area contributed by atoms with Crippen molar-refractivity contribution in [2.75, 3.05) is 0 Å². The third-order valence-corrected chi connectivity index (χ3v) is 5.17. The molecule has 2 heterocycles. The largest absolute Gasteiger partial charge is 0.298 e. The van der Waals surface area contributed by atoms with Crippen molar-refractivity contribution < 1.29 is 8.42 Å². The Morgan fingerprint density at radius 3 is 2.71 bits per heavy atom. The van der Waals surface area contributed by atoms with Gasteiger partial charge in [0, 0.05) is 18.3 Å². The number of nitrogens with zero attached hydrogens (tertiary/aromatic N) is 4. The number of aromatic amines is 1. The second-order valence-corrected chi connectivity index (χ2v) is 7.55. The van der Waals surface area contributed by atoms with Crippen LogP contribution in [0.15, 0.2) is 41.7 Å². The minimum atomic E-state index is -3.62. The molecular weight excluding hydrogens is 326 g/mol. The summed E-state index contributed by atoms with van der Waals surface area (Å²) in [5.41, 5.74) is 2.47. The van der Waals surface area contributed by atoms with Crippen molar-refractivity contribution in [3.05, 3.63) is 47.8 Å². The highest BCUT2D eigenvalue weighted by molar-refractivity contribution is 7.90. The average molecular weight is 345 g/mol. The van der Waals surface area contributed by atoms with E-state index in [9.17, 15) is 8.42 Å². The highest BCUT2D eigenvalue weighted by atomic mass is 32.2. The Hall–Kier alpha value is -2.48. The van der Waals surface area contributed by atoms with E-state index in [0.29, 0.717) is 18.1 Å². The normalized spacial score (nSPS) is 11.8. The Morgan fingerprint density at radius 2 is 2.04 bits per heavy atom. The molecule has 0 atom stereocenters. The van der Waals surface area contributed by atoms with E-state index in [2.05, 4.69) is 20.4 Å². The molecule has 0 saturated heterocycles. The summed E-state index contributed by atoms with van der Waals surface area (Å²) < 4.78 is 27.2. The smallest absolute Gasteiger partial charge is 0.250 e. The van der Waals surface area contributed by atoms with Crippen molar-refractivity contribution in [3.8, 4) is 11.4 Å². The minimum Gasteiger partial charge on any atom is -0.298 e. The molecule has 0 amide bonds. The second-order valence-electron chi connectivity index (χ2n) is 5.67. The third-order valence-electron chi connectivity index (χ3n) is 3.62. The lowest BCUT2D eigenvalue weighted by Crippen LogP contribution is -2.14.